The van der Waals surface area contributed by atoms with E-state index < -0.39 is 9.84 Å². The number of rotatable bonds is 4. The third-order valence-electron chi connectivity index (χ3n) is 6.73. The largest absolute Gasteiger partial charge is 0.346 e. The van der Waals surface area contributed by atoms with Gasteiger partial charge in [0.2, 0.25) is 0 Å². The summed E-state index contributed by atoms with van der Waals surface area (Å²) >= 11 is 0. The van der Waals surface area contributed by atoms with Crippen molar-refractivity contribution >= 4 is 32.5 Å². The summed E-state index contributed by atoms with van der Waals surface area (Å²) in [7, 11) is -3.27. The van der Waals surface area contributed by atoms with Crippen LogP contribution in [0.1, 0.15) is 37.7 Å². The van der Waals surface area contributed by atoms with Crippen LogP contribution >= 0.6 is 0 Å². The first-order chi connectivity index (χ1) is 16.3. The van der Waals surface area contributed by atoms with Gasteiger partial charge in [-0.3, -0.25) is 0 Å². The van der Waals surface area contributed by atoms with Crippen molar-refractivity contribution in [2.75, 3.05) is 19.3 Å². The lowest BCUT2D eigenvalue weighted by atomic mass is 9.97. The monoisotopic (exact) mass is 482 g/mol. The normalized spacial score (nSPS) is 17.5. The highest BCUT2D eigenvalue weighted by Gasteiger charge is 2.27. The average Bonchev–Trinajstić information content (AvgIpc) is 3.48. The van der Waals surface area contributed by atoms with Crippen molar-refractivity contribution in [1.82, 2.24) is 20.2 Å². The first kappa shape index (κ1) is 22.6. The van der Waals surface area contributed by atoms with E-state index in [0.29, 0.717) is 24.2 Å². The second-order valence-corrected chi connectivity index (χ2v) is 11.1. The Hall–Kier alpha value is -3.20. The zero-order chi connectivity index (χ0) is 23.9. The van der Waals surface area contributed by atoms with Gasteiger partial charge in [0, 0.05) is 47.7 Å². The molecule has 2 aliphatic rings. The highest BCUT2D eigenvalue weighted by molar-refractivity contribution is 7.90. The van der Waals surface area contributed by atoms with E-state index in [1.54, 1.807) is 41.6 Å². The minimum Gasteiger partial charge on any atom is -0.346 e. The van der Waals surface area contributed by atoms with Gasteiger partial charge in [0.15, 0.2) is 9.84 Å². The molecule has 0 bridgehead atoms. The highest BCUT2D eigenvalue weighted by atomic mass is 32.2. The Morgan fingerprint density at radius 3 is 2.59 bits per heavy atom. The van der Waals surface area contributed by atoms with Crippen LogP contribution in [-0.4, -0.2) is 54.7 Å². The number of halogens is 1. The number of nitrogens with one attached hydrogen (secondary N) is 2. The van der Waals surface area contributed by atoms with E-state index in [2.05, 4.69) is 15.3 Å². The fraction of sp³-hybridized carbons (Fsp3) is 0.360. The topological polar surface area (TPSA) is 95.2 Å². The number of H-pyrrole nitrogens is 1. The van der Waals surface area contributed by atoms with Gasteiger partial charge in [-0.25, -0.2) is 22.6 Å². The Kier molecular flexibility index (Phi) is 5.89. The van der Waals surface area contributed by atoms with Gasteiger partial charge in [0.05, 0.1) is 11.4 Å². The maximum absolute atomic E-state index is 15.2. The Balaban J connectivity index is 1.40. The van der Waals surface area contributed by atoms with E-state index in [-0.39, 0.29) is 29.3 Å². The van der Waals surface area contributed by atoms with E-state index in [0.717, 1.165) is 47.8 Å². The van der Waals surface area contributed by atoms with Crippen LogP contribution in [-0.2, 0) is 9.84 Å². The molecule has 1 saturated carbocycles. The van der Waals surface area contributed by atoms with E-state index in [1.807, 2.05) is 6.07 Å². The number of sulfone groups is 1. The molecule has 178 valence electrons. The minimum absolute atomic E-state index is 0.0410. The number of aromatic nitrogens is 2. The summed E-state index contributed by atoms with van der Waals surface area (Å²) in [5.41, 5.74) is 3.60. The lowest BCUT2D eigenvalue weighted by Gasteiger charge is -2.29. The molecule has 0 unspecified atom stereocenters. The number of nitrogens with zero attached hydrogens (tertiary/aromatic N) is 2. The Bertz CT molecular complexity index is 1370. The molecule has 7 nitrogen and oxygen atoms in total. The van der Waals surface area contributed by atoms with E-state index in [4.69, 9.17) is 0 Å². The standard InChI is InChI=1S/C25H27FN4O3S/c1-34(32,33)19-8-6-16(7-9-19)17-12-21-22(14-28-24(21)27-13-17)20-10-11-30(15-23(20)26)25(31)29-18-4-2-3-5-18/h6-9,12-14,18H,2-5,10-11,15H2,1H3,(H,27,28)(H,29,31). The van der Waals surface area contributed by atoms with E-state index in [1.165, 1.54) is 6.26 Å². The van der Waals surface area contributed by atoms with Gasteiger partial charge in [-0.1, -0.05) is 25.0 Å². The fourth-order valence-corrected chi connectivity index (χ4v) is 5.45. The van der Waals surface area contributed by atoms with Gasteiger partial charge in [0.1, 0.15) is 11.5 Å². The Labute approximate surface area is 198 Å². The van der Waals surface area contributed by atoms with Crippen LogP contribution in [0.4, 0.5) is 9.18 Å². The molecular weight excluding hydrogens is 455 g/mol. The maximum atomic E-state index is 15.2. The van der Waals surface area contributed by atoms with Crippen LogP contribution in [0, 0.1) is 0 Å². The SMILES string of the molecule is CS(=O)(=O)c1ccc(-c2cnc3[nH]cc(C4=C(F)CN(C(=O)NC5CCCC5)CC4)c3c2)cc1. The number of urea groups is 1. The second kappa shape index (κ2) is 8.87. The van der Waals surface area contributed by atoms with Gasteiger partial charge in [-0.15, -0.1) is 0 Å². The van der Waals surface area contributed by atoms with Crippen molar-refractivity contribution < 1.29 is 17.6 Å². The average molecular weight is 483 g/mol. The van der Waals surface area contributed by atoms with Crippen LogP contribution in [0.3, 0.4) is 0 Å². The summed E-state index contributed by atoms with van der Waals surface area (Å²) in [4.78, 5) is 21.9. The van der Waals surface area contributed by atoms with Crippen LogP contribution < -0.4 is 5.32 Å². The number of carbonyl (C=O) groups excluding carboxylic acids is 1. The number of hydrogen-bond acceptors (Lipinski definition) is 4. The molecule has 3 aromatic rings. The van der Waals surface area contributed by atoms with Crippen LogP contribution in [0.5, 0.6) is 0 Å². The molecule has 1 aromatic carbocycles. The number of fused-ring (bicyclic) bond motifs is 1. The molecule has 1 fully saturated rings. The second-order valence-electron chi connectivity index (χ2n) is 9.10. The smallest absolute Gasteiger partial charge is 0.318 e. The number of hydrogen-bond donors (Lipinski definition) is 2. The van der Waals surface area contributed by atoms with Crippen LogP contribution in [0.25, 0.3) is 27.7 Å². The van der Waals surface area contributed by atoms with Crippen molar-refractivity contribution in [1.29, 1.82) is 0 Å². The quantitative estimate of drug-likeness (QED) is 0.565. The number of aromatic amines is 1. The first-order valence-corrected chi connectivity index (χ1v) is 13.4. The predicted octanol–water partition coefficient (Wildman–Crippen LogP) is 4.67. The summed E-state index contributed by atoms with van der Waals surface area (Å²) in [5, 5.41) is 3.82. The molecule has 0 atom stereocenters. The van der Waals surface area contributed by atoms with E-state index in [9.17, 15) is 13.2 Å². The summed E-state index contributed by atoms with van der Waals surface area (Å²) < 4.78 is 38.7. The minimum atomic E-state index is -3.27. The molecule has 9 heteroatoms. The lowest BCUT2D eigenvalue weighted by molar-refractivity contribution is 0.193. The van der Waals surface area contributed by atoms with Crippen molar-refractivity contribution in [3.63, 3.8) is 0 Å². The van der Waals surface area contributed by atoms with Gasteiger partial charge in [-0.2, -0.15) is 0 Å². The molecule has 0 spiro atoms. The molecular formula is C25H27FN4O3S. The third kappa shape index (κ3) is 4.44. The number of carbonyl (C=O) groups is 1. The molecule has 2 N–H and O–H groups in total. The zero-order valence-corrected chi connectivity index (χ0v) is 19.8. The first-order valence-electron chi connectivity index (χ1n) is 11.5. The molecule has 2 aromatic heterocycles. The lowest BCUT2D eigenvalue weighted by Crippen LogP contribution is -2.46. The molecule has 2 amide bonds. The molecule has 5 rings (SSSR count). The Morgan fingerprint density at radius 2 is 1.91 bits per heavy atom. The number of benzene rings is 1. The zero-order valence-electron chi connectivity index (χ0n) is 19.0. The highest BCUT2D eigenvalue weighted by Crippen LogP contribution is 2.34. The van der Waals surface area contributed by atoms with Crippen LogP contribution in [0.2, 0.25) is 0 Å². The Morgan fingerprint density at radius 1 is 1.18 bits per heavy atom. The predicted molar refractivity (Wildman–Crippen MR) is 130 cm³/mol. The fourth-order valence-electron chi connectivity index (χ4n) is 4.82. The van der Waals surface area contributed by atoms with Gasteiger partial charge in [-0.05, 0) is 48.6 Å². The molecule has 0 saturated heterocycles. The number of pyridine rings is 1. The summed E-state index contributed by atoms with van der Waals surface area (Å²) in [6, 6.07) is 8.57. The van der Waals surface area contributed by atoms with Crippen molar-refractivity contribution in [3.05, 3.63) is 54.1 Å². The van der Waals surface area contributed by atoms with Crippen molar-refractivity contribution in [3.8, 4) is 11.1 Å². The van der Waals surface area contributed by atoms with Crippen LogP contribution in [0.15, 0.2) is 53.4 Å². The summed E-state index contributed by atoms with van der Waals surface area (Å²) in [6.07, 6.45) is 9.30. The van der Waals surface area contributed by atoms with E-state index >= 15 is 4.39 Å². The summed E-state index contributed by atoms with van der Waals surface area (Å²) in [5.74, 6) is -0.309. The van der Waals surface area contributed by atoms with Gasteiger partial charge in [0.25, 0.3) is 0 Å². The third-order valence-corrected chi connectivity index (χ3v) is 7.86. The summed E-state index contributed by atoms with van der Waals surface area (Å²) in [6.45, 7) is 0.411. The number of amides is 2. The van der Waals surface area contributed by atoms with Crippen molar-refractivity contribution in [2.45, 2.75) is 43.0 Å². The molecule has 3 heterocycles. The van der Waals surface area contributed by atoms with Gasteiger partial charge >= 0.3 is 6.03 Å². The molecule has 1 aliphatic carbocycles. The maximum Gasteiger partial charge on any atom is 0.318 e. The molecule has 1 aliphatic heterocycles. The van der Waals surface area contributed by atoms with Crippen molar-refractivity contribution in [2.24, 2.45) is 0 Å². The molecule has 34 heavy (non-hydrogen) atoms. The molecule has 0 radical (unpaired) electrons. The van der Waals surface area contributed by atoms with Gasteiger partial charge < -0.3 is 15.2 Å².